The maximum atomic E-state index is 4.38. The highest BCUT2D eigenvalue weighted by Crippen LogP contribution is 2.17. The third kappa shape index (κ3) is 25.9. The Hall–Kier alpha value is -10.9. The molecule has 0 aliphatic heterocycles. The summed E-state index contributed by atoms with van der Waals surface area (Å²) in [4.78, 5) is 50.9. The van der Waals surface area contributed by atoms with E-state index in [1.165, 1.54) is 33.5 Å². The van der Waals surface area contributed by atoms with E-state index in [9.17, 15) is 0 Å². The number of nitrogens with zero attached hydrogens (tertiary/aromatic N) is 18. The van der Waals surface area contributed by atoms with Gasteiger partial charge in [0.1, 0.15) is 22.9 Å². The van der Waals surface area contributed by atoms with Crippen LogP contribution in [0.15, 0.2) is 196 Å². The van der Waals surface area contributed by atoms with Crippen LogP contribution in [-0.4, -0.2) is 86.5 Å². The number of pyridine rings is 6. The second-order valence-electron chi connectivity index (χ2n) is 21.0. The number of imidazole rings is 6. The Labute approximate surface area is 622 Å². The van der Waals surface area contributed by atoms with Crippen molar-refractivity contribution in [2.75, 3.05) is 0 Å². The van der Waals surface area contributed by atoms with Gasteiger partial charge in [-0.1, -0.05) is 147 Å². The van der Waals surface area contributed by atoms with Crippen molar-refractivity contribution in [3.05, 3.63) is 264 Å². The van der Waals surface area contributed by atoms with Gasteiger partial charge in [-0.05, 0) is 185 Å². The molecule has 0 aliphatic rings. The molecule has 16 aromatic rings. The summed E-state index contributed by atoms with van der Waals surface area (Å²) in [6.07, 6.45) is 20.5. The fourth-order valence-corrected chi connectivity index (χ4v) is 9.47. The van der Waals surface area contributed by atoms with Gasteiger partial charge in [-0.2, -0.15) is 0 Å². The molecule has 18 heteroatoms. The normalized spacial score (nSPS) is 9.44. The Kier molecular flexibility index (Phi) is 44.2. The van der Waals surface area contributed by atoms with Crippen molar-refractivity contribution in [3.63, 3.8) is 0 Å². The van der Waals surface area contributed by atoms with Gasteiger partial charge in [0.05, 0.1) is 61.4 Å². The van der Waals surface area contributed by atoms with E-state index in [1.54, 1.807) is 31.0 Å². The van der Waals surface area contributed by atoms with Crippen molar-refractivity contribution in [2.45, 2.75) is 194 Å². The number of hydrogen-bond acceptors (Lipinski definition) is 12. The molecule has 0 atom stereocenters. The van der Waals surface area contributed by atoms with Crippen LogP contribution in [0, 0.1) is 83.1 Å². The van der Waals surface area contributed by atoms with Crippen molar-refractivity contribution in [3.8, 4) is 0 Å². The van der Waals surface area contributed by atoms with E-state index in [4.69, 9.17) is 0 Å². The van der Waals surface area contributed by atoms with Crippen LogP contribution in [-0.2, 0) is 14.1 Å². The maximum absolute atomic E-state index is 4.38. The molecule has 0 bridgehead atoms. The number of aryl methyl sites for hydroxylation is 14. The Morgan fingerprint density at radius 3 is 1.02 bits per heavy atom. The molecule has 556 valence electrons. The smallest absolute Gasteiger partial charge is 0.234 e. The number of rotatable bonds is 0. The minimum absolute atomic E-state index is 0.780. The van der Waals surface area contributed by atoms with Crippen molar-refractivity contribution in [1.82, 2.24) is 86.5 Å². The first-order valence-corrected chi connectivity index (χ1v) is 36.9. The summed E-state index contributed by atoms with van der Waals surface area (Å²) < 4.78 is 12.3. The maximum Gasteiger partial charge on any atom is 0.234 e. The molecule has 18 nitrogen and oxygen atoms in total. The third-order valence-corrected chi connectivity index (χ3v) is 15.3. The van der Waals surface area contributed by atoms with E-state index in [0.29, 0.717) is 0 Å². The van der Waals surface area contributed by atoms with Crippen LogP contribution in [0.2, 0.25) is 0 Å². The second kappa shape index (κ2) is 50.5. The molecular weight excluding hydrogens is 1290 g/mol. The minimum Gasteiger partial charge on any atom is -0.331 e. The molecule has 0 amide bonds. The van der Waals surface area contributed by atoms with Gasteiger partial charge in [0.25, 0.3) is 0 Å². The molecule has 0 aliphatic carbocycles. The van der Waals surface area contributed by atoms with Gasteiger partial charge in [-0.3, -0.25) is 28.7 Å². The fourth-order valence-electron chi connectivity index (χ4n) is 9.47. The number of para-hydroxylation sites is 4. The van der Waals surface area contributed by atoms with Crippen LogP contribution in [0.3, 0.4) is 0 Å². The first kappa shape index (κ1) is 91.1. The average molecular weight is 1410 g/mol. The predicted octanol–water partition coefficient (Wildman–Crippen LogP) is 22.4. The van der Waals surface area contributed by atoms with Gasteiger partial charge in [0.2, 0.25) is 11.6 Å². The molecule has 14 heterocycles. The summed E-state index contributed by atoms with van der Waals surface area (Å²) in [5.74, 6) is 3.68. The van der Waals surface area contributed by atoms with E-state index in [0.717, 1.165) is 102 Å². The van der Waals surface area contributed by atoms with Crippen LogP contribution in [0.4, 0.5) is 0 Å². The monoisotopic (exact) mass is 1410 g/mol. The summed E-state index contributed by atoms with van der Waals surface area (Å²) in [6.45, 7) is 56.4. The molecule has 14 aromatic heterocycles. The van der Waals surface area contributed by atoms with Gasteiger partial charge in [0.15, 0.2) is 0 Å². The lowest BCUT2D eigenvalue weighted by Crippen LogP contribution is -1.89. The highest BCUT2D eigenvalue weighted by atomic mass is 15.1. The molecule has 0 saturated heterocycles. The predicted molar refractivity (Wildman–Crippen MR) is 444 cm³/mol. The molecule has 0 radical (unpaired) electrons. The number of aromatic nitrogens is 18. The number of hydrogen-bond donors (Lipinski definition) is 0. The summed E-state index contributed by atoms with van der Waals surface area (Å²) in [5.41, 5.74) is 21.1. The number of benzene rings is 2. The van der Waals surface area contributed by atoms with E-state index in [2.05, 4.69) is 111 Å². The molecule has 104 heavy (non-hydrogen) atoms. The molecule has 0 saturated carbocycles. The highest BCUT2D eigenvalue weighted by molar-refractivity contribution is 5.80. The molecule has 16 rings (SSSR count). The van der Waals surface area contributed by atoms with Crippen molar-refractivity contribution >= 4 is 66.9 Å². The van der Waals surface area contributed by atoms with E-state index < -0.39 is 0 Å². The lowest BCUT2D eigenvalue weighted by Gasteiger charge is -1.97. The molecule has 0 fully saturated rings. The van der Waals surface area contributed by atoms with Crippen LogP contribution in [0.1, 0.15) is 179 Å². The average Bonchev–Trinajstić information content (AvgIpc) is 0.939. The van der Waals surface area contributed by atoms with Crippen LogP contribution in [0.25, 0.3) is 66.9 Å². The zero-order valence-corrected chi connectivity index (χ0v) is 68.5. The summed E-state index contributed by atoms with van der Waals surface area (Å²) >= 11 is 0. The summed E-state index contributed by atoms with van der Waals surface area (Å²) in [7, 11) is 4.06. The first-order chi connectivity index (χ1) is 50.5. The minimum atomic E-state index is 0.780. The van der Waals surface area contributed by atoms with E-state index in [-0.39, 0.29) is 0 Å². The summed E-state index contributed by atoms with van der Waals surface area (Å²) in [6, 6.07) is 41.9. The van der Waals surface area contributed by atoms with E-state index >= 15 is 0 Å². The lowest BCUT2D eigenvalue weighted by molar-refractivity contribution is 0.886. The SMILES string of the molecule is CC.CC.CC.CC.CC.CC.CC.CC.Cc1ccnc2cccnc12.Cc1ccnc2ccncc12.Cc1nc2ccccc2n1C.Cc1nc2ccccc2n1C.Cc1nc2ccccn2c1C.Cc1nc2ccccn2c1C.Cc1nc2ncccn2c1C.Cc1nc2ncccn2c1C. The van der Waals surface area contributed by atoms with Gasteiger partial charge in [-0.25, -0.2) is 39.9 Å². The van der Waals surface area contributed by atoms with Crippen LogP contribution < -0.4 is 0 Å². The lowest BCUT2D eigenvalue weighted by atomic mass is 10.2. The molecule has 0 N–H and O–H groups in total. The molecular formula is C86H122N18. The number of fused-ring (bicyclic) bond motifs is 8. The van der Waals surface area contributed by atoms with Crippen molar-refractivity contribution < 1.29 is 0 Å². The molecule has 0 spiro atoms. The van der Waals surface area contributed by atoms with Gasteiger partial charge in [0, 0.05) is 110 Å². The standard InChI is InChI=1S/4C9H10N2.2C9H8N2.2C8H9N3.8C2H6/c2*1-7-10-8-5-3-4-6-9(8)11(7)2;2*1-7-8(2)11-6-4-3-5-9(11)10-7;1-7-2-5-11-9-3-4-10-6-8(7)9;1-7-4-6-10-8-3-2-5-11-9(7)8;2*1-6-7(2)11-5-3-4-9-8(11)10-6;8*1-2/h4*3-6H,1-2H3;2*2-6H,1H3;2*3-5H,1-2H3;8*1-2H3. The zero-order chi connectivity index (χ0) is 78.4. The van der Waals surface area contributed by atoms with Gasteiger partial charge >= 0.3 is 0 Å². The van der Waals surface area contributed by atoms with E-state index in [1.807, 2.05) is 348 Å². The second-order valence-corrected chi connectivity index (χ2v) is 21.0. The third-order valence-electron chi connectivity index (χ3n) is 15.3. The Morgan fingerprint density at radius 2 is 0.625 bits per heavy atom. The van der Waals surface area contributed by atoms with Crippen molar-refractivity contribution in [1.29, 1.82) is 0 Å². The highest BCUT2D eigenvalue weighted by Gasteiger charge is 2.06. The molecule has 0 unspecified atom stereocenters. The quantitative estimate of drug-likeness (QED) is 0.140. The topological polar surface area (TPSA) is 182 Å². The molecule has 2 aromatic carbocycles. The zero-order valence-electron chi connectivity index (χ0n) is 68.5. The Bertz CT molecular complexity index is 4270. The fraction of sp³-hybridized carbons (Fsp3) is 0.349. The largest absolute Gasteiger partial charge is 0.331 e. The van der Waals surface area contributed by atoms with Crippen LogP contribution >= 0.6 is 0 Å². The first-order valence-electron chi connectivity index (χ1n) is 36.9. The Morgan fingerprint density at radius 1 is 0.269 bits per heavy atom. The van der Waals surface area contributed by atoms with Crippen molar-refractivity contribution in [2.24, 2.45) is 14.1 Å². The van der Waals surface area contributed by atoms with Gasteiger partial charge in [-0.15, -0.1) is 0 Å². The Balaban J connectivity index is 0.000000578. The summed E-state index contributed by atoms with van der Waals surface area (Å²) in [5, 5.41) is 1.13. The van der Waals surface area contributed by atoms with Gasteiger partial charge < -0.3 is 17.9 Å². The van der Waals surface area contributed by atoms with Crippen LogP contribution in [0.5, 0.6) is 0 Å².